The number of likely N-dealkylation sites (tertiary alicyclic amines) is 1. The highest BCUT2D eigenvalue weighted by molar-refractivity contribution is 6.46. The van der Waals surface area contributed by atoms with E-state index in [2.05, 4.69) is 0 Å². The standard InChI is InChI=1S/C28H35NO6/c1-6-34-23-13-10-20(16-22(23)17(2)3)26(31)24-25(19-8-11-21(30)12-9-19)29(28(33)27(24)32)14-7-15-35-18(4)5/h8-13,16-18,25,30-31H,6-7,14-15H2,1-5H3/b26-24-. The van der Waals surface area contributed by atoms with Gasteiger partial charge in [-0.25, -0.2) is 0 Å². The van der Waals surface area contributed by atoms with Crippen molar-refractivity contribution >= 4 is 17.4 Å². The van der Waals surface area contributed by atoms with Crippen LogP contribution in [0.2, 0.25) is 0 Å². The lowest BCUT2D eigenvalue weighted by molar-refractivity contribution is -0.140. The maximum atomic E-state index is 13.2. The number of carbonyl (C=O) groups excluding carboxylic acids is 2. The van der Waals surface area contributed by atoms with Crippen molar-refractivity contribution in [3.8, 4) is 11.5 Å². The Morgan fingerprint density at radius 1 is 1.06 bits per heavy atom. The minimum atomic E-state index is -0.774. The molecule has 1 amide bonds. The number of phenols is 1. The molecule has 7 nitrogen and oxygen atoms in total. The lowest BCUT2D eigenvalue weighted by atomic mass is 9.93. The molecule has 1 unspecified atom stereocenters. The minimum Gasteiger partial charge on any atom is -0.508 e. The predicted octanol–water partition coefficient (Wildman–Crippen LogP) is 5.15. The number of ketones is 1. The fourth-order valence-corrected chi connectivity index (χ4v) is 4.26. The molecular formula is C28H35NO6. The number of nitrogens with zero attached hydrogens (tertiary/aromatic N) is 1. The number of hydrogen-bond donors (Lipinski definition) is 2. The Morgan fingerprint density at radius 3 is 2.34 bits per heavy atom. The van der Waals surface area contributed by atoms with Gasteiger partial charge in [0.1, 0.15) is 17.3 Å². The van der Waals surface area contributed by atoms with Crippen LogP contribution in [0.1, 0.15) is 69.7 Å². The first-order valence-corrected chi connectivity index (χ1v) is 12.1. The summed E-state index contributed by atoms with van der Waals surface area (Å²) in [6, 6.07) is 10.8. The molecule has 0 aliphatic carbocycles. The summed E-state index contributed by atoms with van der Waals surface area (Å²) in [6.07, 6.45) is 0.605. The van der Waals surface area contributed by atoms with Crippen molar-refractivity contribution < 1.29 is 29.3 Å². The fourth-order valence-electron chi connectivity index (χ4n) is 4.26. The SMILES string of the molecule is CCOc1ccc(/C(O)=C2/C(=O)C(=O)N(CCCOC(C)C)C2c2ccc(O)cc2)cc1C(C)C. The van der Waals surface area contributed by atoms with Crippen molar-refractivity contribution in [3.05, 3.63) is 64.7 Å². The molecule has 3 rings (SSSR count). The lowest BCUT2D eigenvalue weighted by Gasteiger charge is -2.25. The summed E-state index contributed by atoms with van der Waals surface area (Å²) < 4.78 is 11.3. The maximum Gasteiger partial charge on any atom is 0.295 e. The maximum absolute atomic E-state index is 13.2. The average molecular weight is 482 g/mol. The number of rotatable bonds is 10. The number of ether oxygens (including phenoxy) is 2. The molecule has 0 radical (unpaired) electrons. The van der Waals surface area contributed by atoms with Crippen LogP contribution in [-0.2, 0) is 14.3 Å². The van der Waals surface area contributed by atoms with Gasteiger partial charge in [0.25, 0.3) is 11.7 Å². The first kappa shape index (κ1) is 26.3. The number of Topliss-reactive ketones (excluding diaryl/α,β-unsaturated/α-hetero) is 1. The van der Waals surface area contributed by atoms with Crippen molar-refractivity contribution in [1.82, 2.24) is 4.90 Å². The second-order valence-corrected chi connectivity index (χ2v) is 9.20. The minimum absolute atomic E-state index is 0.0318. The Hall–Kier alpha value is -3.32. The van der Waals surface area contributed by atoms with E-state index in [0.717, 1.165) is 11.3 Å². The summed E-state index contributed by atoms with van der Waals surface area (Å²) in [7, 11) is 0. The van der Waals surface area contributed by atoms with Crippen LogP contribution >= 0.6 is 0 Å². The summed E-state index contributed by atoms with van der Waals surface area (Å²) in [6.45, 7) is 11.1. The first-order chi connectivity index (χ1) is 16.6. The average Bonchev–Trinajstić information content (AvgIpc) is 3.07. The van der Waals surface area contributed by atoms with E-state index in [1.165, 1.54) is 17.0 Å². The summed E-state index contributed by atoms with van der Waals surface area (Å²) in [5.41, 5.74) is 2.01. The topological polar surface area (TPSA) is 96.3 Å². The number of aliphatic hydroxyl groups excluding tert-OH is 1. The van der Waals surface area contributed by atoms with Crippen LogP contribution in [0, 0.1) is 0 Å². The number of benzene rings is 2. The molecule has 2 aromatic carbocycles. The molecule has 0 aromatic heterocycles. The van der Waals surface area contributed by atoms with Gasteiger partial charge in [0.05, 0.1) is 24.3 Å². The molecular weight excluding hydrogens is 446 g/mol. The molecule has 1 saturated heterocycles. The van der Waals surface area contributed by atoms with Gasteiger partial charge in [-0.1, -0.05) is 26.0 Å². The van der Waals surface area contributed by atoms with Gasteiger partial charge in [0.2, 0.25) is 0 Å². The Balaban J connectivity index is 2.08. The molecule has 188 valence electrons. The summed E-state index contributed by atoms with van der Waals surface area (Å²) >= 11 is 0. The molecule has 0 saturated carbocycles. The van der Waals surface area contributed by atoms with Gasteiger partial charge in [0, 0.05) is 18.7 Å². The van der Waals surface area contributed by atoms with Crippen molar-refractivity contribution in [1.29, 1.82) is 0 Å². The highest BCUT2D eigenvalue weighted by Gasteiger charge is 2.45. The van der Waals surface area contributed by atoms with E-state index in [4.69, 9.17) is 9.47 Å². The Kier molecular flexibility index (Phi) is 8.57. The number of hydrogen-bond acceptors (Lipinski definition) is 6. The highest BCUT2D eigenvalue weighted by Crippen LogP contribution is 2.40. The largest absolute Gasteiger partial charge is 0.508 e. The molecule has 2 N–H and O–H groups in total. The van der Waals surface area contributed by atoms with Crippen molar-refractivity contribution in [3.63, 3.8) is 0 Å². The smallest absolute Gasteiger partial charge is 0.295 e. The van der Waals surface area contributed by atoms with E-state index < -0.39 is 17.7 Å². The van der Waals surface area contributed by atoms with E-state index in [1.54, 1.807) is 24.3 Å². The Morgan fingerprint density at radius 2 is 1.74 bits per heavy atom. The zero-order valence-electron chi connectivity index (χ0n) is 21.1. The van der Waals surface area contributed by atoms with Crippen molar-refractivity contribution in [2.24, 2.45) is 0 Å². The van der Waals surface area contributed by atoms with E-state index in [9.17, 15) is 19.8 Å². The molecule has 1 fully saturated rings. The number of aliphatic hydroxyl groups is 1. The van der Waals surface area contributed by atoms with Gasteiger partial charge in [-0.3, -0.25) is 9.59 Å². The third kappa shape index (κ3) is 5.85. The van der Waals surface area contributed by atoms with E-state index in [1.807, 2.05) is 40.7 Å². The molecule has 35 heavy (non-hydrogen) atoms. The van der Waals surface area contributed by atoms with Gasteiger partial charge < -0.3 is 24.6 Å². The van der Waals surface area contributed by atoms with Gasteiger partial charge >= 0.3 is 0 Å². The number of aromatic hydroxyl groups is 1. The van der Waals surface area contributed by atoms with Crippen molar-refractivity contribution in [2.45, 2.75) is 59.1 Å². The second kappa shape index (κ2) is 11.4. The molecule has 7 heteroatoms. The van der Waals surface area contributed by atoms with E-state index in [-0.39, 0.29) is 29.1 Å². The molecule has 1 aliphatic rings. The summed E-state index contributed by atoms with van der Waals surface area (Å²) in [5, 5.41) is 21.1. The molecule has 0 spiro atoms. The fraction of sp³-hybridized carbons (Fsp3) is 0.429. The Labute approximate surface area is 207 Å². The number of carbonyl (C=O) groups is 2. The number of phenolic OH excluding ortho intramolecular Hbond substituents is 1. The van der Waals surface area contributed by atoms with Gasteiger partial charge in [-0.05, 0) is 74.6 Å². The zero-order valence-corrected chi connectivity index (χ0v) is 21.1. The van der Waals surface area contributed by atoms with Crippen LogP contribution in [0.4, 0.5) is 0 Å². The number of amides is 1. The molecule has 2 aromatic rings. The third-order valence-corrected chi connectivity index (χ3v) is 5.95. The van der Waals surface area contributed by atoms with Gasteiger partial charge in [-0.2, -0.15) is 0 Å². The van der Waals surface area contributed by atoms with Crippen LogP contribution < -0.4 is 4.74 Å². The first-order valence-electron chi connectivity index (χ1n) is 12.1. The normalized spacial score (nSPS) is 17.6. The highest BCUT2D eigenvalue weighted by atomic mass is 16.5. The van der Waals surface area contributed by atoms with E-state index in [0.29, 0.717) is 37.3 Å². The predicted molar refractivity (Wildman–Crippen MR) is 135 cm³/mol. The lowest BCUT2D eigenvalue weighted by Crippen LogP contribution is -2.31. The van der Waals surface area contributed by atoms with Crippen LogP contribution in [0.5, 0.6) is 11.5 Å². The van der Waals surface area contributed by atoms with E-state index >= 15 is 0 Å². The summed E-state index contributed by atoms with van der Waals surface area (Å²) in [4.78, 5) is 27.7. The summed E-state index contributed by atoms with van der Waals surface area (Å²) in [5.74, 6) is -0.703. The second-order valence-electron chi connectivity index (χ2n) is 9.20. The third-order valence-electron chi connectivity index (χ3n) is 5.95. The quantitative estimate of drug-likeness (QED) is 0.211. The molecule has 1 heterocycles. The van der Waals surface area contributed by atoms with Crippen LogP contribution in [0.15, 0.2) is 48.0 Å². The molecule has 0 bridgehead atoms. The Bertz CT molecular complexity index is 1090. The van der Waals surface area contributed by atoms with Crippen molar-refractivity contribution in [2.75, 3.05) is 19.8 Å². The van der Waals surface area contributed by atoms with Gasteiger partial charge in [-0.15, -0.1) is 0 Å². The van der Waals surface area contributed by atoms with Gasteiger partial charge in [0.15, 0.2) is 0 Å². The van der Waals surface area contributed by atoms with Crippen LogP contribution in [0.25, 0.3) is 5.76 Å². The monoisotopic (exact) mass is 481 g/mol. The molecule has 1 atom stereocenters. The van der Waals surface area contributed by atoms with Crippen LogP contribution in [0.3, 0.4) is 0 Å². The zero-order chi connectivity index (χ0) is 25.7. The molecule has 1 aliphatic heterocycles. The van der Waals surface area contributed by atoms with Crippen LogP contribution in [-0.4, -0.2) is 52.7 Å².